The highest BCUT2D eigenvalue weighted by atomic mass is 32.2. The van der Waals surface area contributed by atoms with E-state index in [0.717, 1.165) is 10.6 Å². The third kappa shape index (κ3) is 3.94. The Balaban J connectivity index is 1.93. The van der Waals surface area contributed by atoms with Crippen molar-refractivity contribution in [2.45, 2.75) is 37.5 Å². The van der Waals surface area contributed by atoms with Gasteiger partial charge in [-0.3, -0.25) is 0 Å². The Morgan fingerprint density at radius 1 is 1.33 bits per heavy atom. The van der Waals surface area contributed by atoms with Gasteiger partial charge in [0.25, 0.3) is 0 Å². The third-order valence-electron chi connectivity index (χ3n) is 3.13. The molecule has 21 heavy (non-hydrogen) atoms. The largest absolute Gasteiger partial charge is 0.466 e. The Morgan fingerprint density at radius 2 is 2.05 bits per heavy atom. The molecule has 0 saturated heterocycles. The number of hydrogen-bond donors (Lipinski definition) is 2. The lowest BCUT2D eigenvalue weighted by Crippen LogP contribution is -2.25. The maximum atomic E-state index is 12.0. The molecule has 0 amide bonds. The molecule has 1 unspecified atom stereocenters. The summed E-state index contributed by atoms with van der Waals surface area (Å²) in [6.07, 6.45) is -0.445. The fourth-order valence-corrected chi connectivity index (χ4v) is 4.47. The van der Waals surface area contributed by atoms with Crippen LogP contribution in [0.5, 0.6) is 0 Å². The van der Waals surface area contributed by atoms with Crippen LogP contribution < -0.4 is 4.72 Å². The molecule has 0 spiro atoms. The van der Waals surface area contributed by atoms with E-state index in [9.17, 15) is 13.5 Å². The molecule has 0 saturated carbocycles. The van der Waals surface area contributed by atoms with E-state index in [1.54, 1.807) is 25.1 Å². The molecule has 2 rings (SSSR count). The van der Waals surface area contributed by atoms with Crippen molar-refractivity contribution in [1.29, 1.82) is 0 Å². The second-order valence-corrected chi connectivity index (χ2v) is 8.22. The number of sulfonamides is 1. The lowest BCUT2D eigenvalue weighted by Gasteiger charge is -2.10. The van der Waals surface area contributed by atoms with Crippen LogP contribution in [0.2, 0.25) is 0 Å². The molecule has 0 fully saturated rings. The molecule has 0 aromatic carbocycles. The van der Waals surface area contributed by atoms with Gasteiger partial charge in [-0.2, -0.15) is 0 Å². The summed E-state index contributed by atoms with van der Waals surface area (Å²) in [7, 11) is -3.49. The van der Waals surface area contributed by atoms with Gasteiger partial charge in [0.1, 0.15) is 15.7 Å². The lowest BCUT2D eigenvalue weighted by atomic mass is 10.1. The number of aryl methyl sites for hydroxylation is 3. The van der Waals surface area contributed by atoms with E-state index in [2.05, 4.69) is 4.72 Å². The molecule has 7 heteroatoms. The van der Waals surface area contributed by atoms with Crippen LogP contribution in [0.1, 0.15) is 34.5 Å². The van der Waals surface area contributed by atoms with Crippen molar-refractivity contribution in [2.75, 3.05) is 6.54 Å². The second kappa shape index (κ2) is 6.31. The number of nitrogens with one attached hydrogen (secondary N) is 1. The van der Waals surface area contributed by atoms with E-state index >= 15 is 0 Å². The Hall–Kier alpha value is -1.15. The van der Waals surface area contributed by atoms with Gasteiger partial charge in [0.15, 0.2) is 0 Å². The van der Waals surface area contributed by atoms with Gasteiger partial charge in [-0.15, -0.1) is 11.3 Å². The molecule has 0 bridgehead atoms. The molecule has 0 aliphatic carbocycles. The van der Waals surface area contributed by atoms with Crippen LogP contribution in [-0.4, -0.2) is 20.1 Å². The SMILES string of the molecule is Cc1cc(C(O)CCNS(=O)(=O)c2ccc(C)s2)c(C)o1. The summed E-state index contributed by atoms with van der Waals surface area (Å²) in [5.41, 5.74) is 0.707. The summed E-state index contributed by atoms with van der Waals surface area (Å²) < 4.78 is 32.2. The number of aliphatic hydroxyl groups is 1. The molecule has 2 aromatic rings. The normalized spacial score (nSPS) is 13.5. The van der Waals surface area contributed by atoms with Crippen molar-refractivity contribution in [3.63, 3.8) is 0 Å². The minimum atomic E-state index is -3.49. The van der Waals surface area contributed by atoms with Gasteiger partial charge in [-0.25, -0.2) is 13.1 Å². The van der Waals surface area contributed by atoms with E-state index in [1.165, 1.54) is 11.3 Å². The average Bonchev–Trinajstić information content (AvgIpc) is 2.95. The number of thiophene rings is 1. The molecule has 2 N–H and O–H groups in total. The molecular formula is C14H19NO4S2. The van der Waals surface area contributed by atoms with Crippen LogP contribution in [0, 0.1) is 20.8 Å². The number of hydrogen-bond acceptors (Lipinski definition) is 5. The summed E-state index contributed by atoms with van der Waals surface area (Å²) in [4.78, 5) is 0.944. The van der Waals surface area contributed by atoms with Gasteiger partial charge < -0.3 is 9.52 Å². The van der Waals surface area contributed by atoms with Crippen molar-refractivity contribution in [1.82, 2.24) is 4.72 Å². The quantitative estimate of drug-likeness (QED) is 0.854. The molecule has 0 aliphatic heterocycles. The fraction of sp³-hybridized carbons (Fsp3) is 0.429. The van der Waals surface area contributed by atoms with Crippen LogP contribution in [0.3, 0.4) is 0 Å². The van der Waals surface area contributed by atoms with Gasteiger partial charge in [0.2, 0.25) is 10.0 Å². The van der Waals surface area contributed by atoms with Crippen LogP contribution in [0.25, 0.3) is 0 Å². The van der Waals surface area contributed by atoms with Gasteiger partial charge in [0, 0.05) is 17.0 Å². The zero-order valence-electron chi connectivity index (χ0n) is 12.2. The first-order valence-electron chi connectivity index (χ1n) is 6.60. The molecule has 116 valence electrons. The van der Waals surface area contributed by atoms with Crippen molar-refractivity contribution >= 4 is 21.4 Å². The van der Waals surface area contributed by atoms with Gasteiger partial charge >= 0.3 is 0 Å². The first-order valence-corrected chi connectivity index (χ1v) is 8.90. The van der Waals surface area contributed by atoms with E-state index in [-0.39, 0.29) is 6.54 Å². The van der Waals surface area contributed by atoms with E-state index in [4.69, 9.17) is 4.42 Å². The van der Waals surface area contributed by atoms with Crippen molar-refractivity contribution in [3.05, 3.63) is 40.2 Å². The minimum Gasteiger partial charge on any atom is -0.466 e. The average molecular weight is 329 g/mol. The summed E-state index contributed by atoms with van der Waals surface area (Å²) >= 11 is 1.23. The Labute approximate surface area is 128 Å². The number of furan rings is 1. The highest BCUT2D eigenvalue weighted by Crippen LogP contribution is 2.24. The molecule has 5 nitrogen and oxygen atoms in total. The Morgan fingerprint density at radius 3 is 2.57 bits per heavy atom. The molecule has 0 radical (unpaired) electrons. The minimum absolute atomic E-state index is 0.171. The standard InChI is InChI=1S/C14H19NO4S2/c1-9-8-12(11(3)19-9)13(16)6-7-15-21(17,18)14-5-4-10(2)20-14/h4-5,8,13,15-16H,6-7H2,1-3H3. The van der Waals surface area contributed by atoms with Gasteiger partial charge in [-0.1, -0.05) is 0 Å². The van der Waals surface area contributed by atoms with Crippen LogP contribution in [0.15, 0.2) is 26.8 Å². The maximum absolute atomic E-state index is 12.0. The first kappa shape index (κ1) is 16.2. The zero-order chi connectivity index (χ0) is 15.6. The van der Waals surface area contributed by atoms with E-state index in [1.807, 2.05) is 13.8 Å². The van der Waals surface area contributed by atoms with Gasteiger partial charge in [0.05, 0.1) is 6.10 Å². The fourth-order valence-electron chi connectivity index (χ4n) is 2.09. The number of rotatable bonds is 6. The van der Waals surface area contributed by atoms with Gasteiger partial charge in [-0.05, 0) is 45.4 Å². The summed E-state index contributed by atoms with van der Waals surface area (Å²) in [5, 5.41) is 10.1. The first-order chi connectivity index (χ1) is 9.79. The zero-order valence-corrected chi connectivity index (χ0v) is 13.8. The number of aliphatic hydroxyl groups excluding tert-OH is 1. The maximum Gasteiger partial charge on any atom is 0.250 e. The lowest BCUT2D eigenvalue weighted by molar-refractivity contribution is 0.167. The predicted octanol–water partition coefficient (Wildman–Crippen LogP) is 2.67. The highest BCUT2D eigenvalue weighted by Gasteiger charge is 2.18. The van der Waals surface area contributed by atoms with Crippen molar-refractivity contribution in [2.24, 2.45) is 0 Å². The third-order valence-corrected chi connectivity index (χ3v) is 6.08. The van der Waals surface area contributed by atoms with Crippen molar-refractivity contribution < 1.29 is 17.9 Å². The summed E-state index contributed by atoms with van der Waals surface area (Å²) in [6.45, 7) is 5.62. The Bertz CT molecular complexity index is 715. The highest BCUT2D eigenvalue weighted by molar-refractivity contribution is 7.91. The molecule has 1 atom stereocenters. The van der Waals surface area contributed by atoms with E-state index in [0.29, 0.717) is 22.0 Å². The van der Waals surface area contributed by atoms with Crippen molar-refractivity contribution in [3.8, 4) is 0 Å². The monoisotopic (exact) mass is 329 g/mol. The molecule has 0 aliphatic rings. The topological polar surface area (TPSA) is 79.5 Å². The van der Waals surface area contributed by atoms with E-state index < -0.39 is 16.1 Å². The molecule has 2 aromatic heterocycles. The molecular weight excluding hydrogens is 310 g/mol. The van der Waals surface area contributed by atoms with Crippen LogP contribution >= 0.6 is 11.3 Å². The predicted molar refractivity (Wildman–Crippen MR) is 82.0 cm³/mol. The van der Waals surface area contributed by atoms with Crippen LogP contribution in [0.4, 0.5) is 0 Å². The summed E-state index contributed by atoms with van der Waals surface area (Å²) in [5.74, 6) is 1.40. The smallest absolute Gasteiger partial charge is 0.250 e. The Kier molecular flexibility index (Phi) is 4.88. The molecule has 2 heterocycles. The van der Waals surface area contributed by atoms with Crippen LogP contribution in [-0.2, 0) is 10.0 Å². The summed E-state index contributed by atoms with van der Waals surface area (Å²) in [6, 6.07) is 5.13. The second-order valence-electron chi connectivity index (χ2n) is 4.94.